The highest BCUT2D eigenvalue weighted by molar-refractivity contribution is 5.25. The van der Waals surface area contributed by atoms with Gasteiger partial charge in [0.25, 0.3) is 0 Å². The molecular formula is C19H34. The molecule has 3 unspecified atom stereocenters. The van der Waals surface area contributed by atoms with E-state index in [9.17, 15) is 0 Å². The fourth-order valence-corrected chi connectivity index (χ4v) is 5.23. The van der Waals surface area contributed by atoms with E-state index in [1.165, 1.54) is 38.5 Å². The number of rotatable bonds is 2. The first kappa shape index (κ1) is 15.1. The third kappa shape index (κ3) is 3.09. The third-order valence-corrected chi connectivity index (χ3v) is 5.65. The van der Waals surface area contributed by atoms with Crippen LogP contribution in [0.3, 0.4) is 0 Å². The molecule has 0 aromatic carbocycles. The van der Waals surface area contributed by atoms with Crippen molar-refractivity contribution in [1.82, 2.24) is 0 Å². The third-order valence-electron chi connectivity index (χ3n) is 5.65. The maximum absolute atomic E-state index is 2.47. The van der Waals surface area contributed by atoms with E-state index in [0.717, 1.165) is 23.7 Å². The summed E-state index contributed by atoms with van der Waals surface area (Å²) in [5.74, 6) is 3.41. The highest BCUT2D eigenvalue weighted by Crippen LogP contribution is 2.50. The number of hydrogen-bond acceptors (Lipinski definition) is 0. The molecule has 0 heteroatoms. The lowest BCUT2D eigenvalue weighted by Crippen LogP contribution is -2.36. The van der Waals surface area contributed by atoms with Crippen LogP contribution in [-0.2, 0) is 0 Å². The quantitative estimate of drug-likeness (QED) is 0.518. The molecule has 0 fully saturated rings. The van der Waals surface area contributed by atoms with E-state index < -0.39 is 0 Å². The molecule has 19 heavy (non-hydrogen) atoms. The molecule has 2 aliphatic rings. The van der Waals surface area contributed by atoms with Crippen LogP contribution in [-0.4, -0.2) is 0 Å². The van der Waals surface area contributed by atoms with E-state index in [0.29, 0.717) is 5.41 Å². The van der Waals surface area contributed by atoms with Gasteiger partial charge in [0.2, 0.25) is 0 Å². The second kappa shape index (κ2) is 5.62. The zero-order valence-electron chi connectivity index (χ0n) is 14.1. The Morgan fingerprint density at radius 2 is 1.53 bits per heavy atom. The minimum atomic E-state index is 0.439. The van der Waals surface area contributed by atoms with Crippen molar-refractivity contribution in [3.05, 3.63) is 11.1 Å². The van der Waals surface area contributed by atoms with Crippen LogP contribution in [0.1, 0.15) is 80.1 Å². The van der Waals surface area contributed by atoms with Gasteiger partial charge in [0, 0.05) is 0 Å². The molecule has 0 saturated heterocycles. The molecule has 3 atom stereocenters. The highest BCUT2D eigenvalue weighted by Gasteiger charge is 2.39. The second-order valence-electron chi connectivity index (χ2n) is 8.48. The Morgan fingerprint density at radius 3 is 2.11 bits per heavy atom. The van der Waals surface area contributed by atoms with Crippen molar-refractivity contribution in [3.8, 4) is 0 Å². The first-order chi connectivity index (χ1) is 8.82. The second-order valence-corrected chi connectivity index (χ2v) is 8.48. The Hall–Kier alpha value is -0.260. The van der Waals surface area contributed by atoms with Crippen LogP contribution in [0.5, 0.6) is 0 Å². The lowest BCUT2D eigenvalue weighted by Gasteiger charge is -2.46. The molecule has 0 bridgehead atoms. The van der Waals surface area contributed by atoms with Gasteiger partial charge in [0.1, 0.15) is 0 Å². The van der Waals surface area contributed by atoms with E-state index in [-0.39, 0.29) is 0 Å². The topological polar surface area (TPSA) is 0 Å². The Morgan fingerprint density at radius 1 is 0.947 bits per heavy atom. The average Bonchev–Trinajstić information content (AvgIpc) is 2.28. The molecule has 2 aliphatic carbocycles. The van der Waals surface area contributed by atoms with Gasteiger partial charge in [-0.1, -0.05) is 52.7 Å². The maximum atomic E-state index is 2.47. The molecule has 0 aromatic rings. The summed E-state index contributed by atoms with van der Waals surface area (Å²) in [5.41, 5.74) is 4.21. The van der Waals surface area contributed by atoms with Crippen LogP contribution >= 0.6 is 0 Å². The number of hydrogen-bond donors (Lipinski definition) is 0. The molecule has 0 nitrogen and oxygen atoms in total. The Bertz CT molecular complexity index is 340. The molecular weight excluding hydrogens is 228 g/mol. The SMILES string of the molecule is CC1CCCC2=C1CCCC2C(C(C)C)C(C)(C)C. The highest BCUT2D eigenvalue weighted by atomic mass is 14.4. The molecule has 0 aromatic heterocycles. The molecule has 2 rings (SSSR count). The summed E-state index contributed by atoms with van der Waals surface area (Å²) in [4.78, 5) is 0. The van der Waals surface area contributed by atoms with E-state index in [1.54, 1.807) is 0 Å². The van der Waals surface area contributed by atoms with Crippen molar-refractivity contribution >= 4 is 0 Å². The summed E-state index contributed by atoms with van der Waals surface area (Å²) < 4.78 is 0. The van der Waals surface area contributed by atoms with E-state index in [2.05, 4.69) is 41.5 Å². The van der Waals surface area contributed by atoms with Gasteiger partial charge in [0.15, 0.2) is 0 Å². The Balaban J connectivity index is 2.34. The van der Waals surface area contributed by atoms with Crippen molar-refractivity contribution in [3.63, 3.8) is 0 Å². The van der Waals surface area contributed by atoms with Gasteiger partial charge in [-0.05, 0) is 67.6 Å². The van der Waals surface area contributed by atoms with Crippen molar-refractivity contribution < 1.29 is 0 Å². The van der Waals surface area contributed by atoms with Crippen molar-refractivity contribution in [2.24, 2.45) is 29.1 Å². The van der Waals surface area contributed by atoms with E-state index in [4.69, 9.17) is 0 Å². The van der Waals surface area contributed by atoms with Gasteiger partial charge in [-0.15, -0.1) is 0 Å². The Kier molecular flexibility index (Phi) is 4.48. The standard InChI is InChI=1S/C19H34/c1-13(2)18(19(4,5)6)17-12-8-10-15-14(3)9-7-11-16(15)17/h13-14,17-18H,7-12H2,1-6H3. The Labute approximate surface area is 121 Å². The van der Waals surface area contributed by atoms with Crippen molar-refractivity contribution in [1.29, 1.82) is 0 Å². The first-order valence-electron chi connectivity index (χ1n) is 8.54. The van der Waals surface area contributed by atoms with Gasteiger partial charge in [-0.25, -0.2) is 0 Å². The van der Waals surface area contributed by atoms with Crippen LogP contribution in [0.2, 0.25) is 0 Å². The first-order valence-corrected chi connectivity index (χ1v) is 8.54. The molecule has 0 N–H and O–H groups in total. The monoisotopic (exact) mass is 262 g/mol. The average molecular weight is 262 g/mol. The smallest absolute Gasteiger partial charge is 0.0165 e. The van der Waals surface area contributed by atoms with Crippen LogP contribution in [0.4, 0.5) is 0 Å². The summed E-state index contributed by atoms with van der Waals surface area (Å²) in [6.07, 6.45) is 8.57. The lowest BCUT2D eigenvalue weighted by molar-refractivity contribution is 0.107. The largest absolute Gasteiger partial charge is 0.0679 e. The normalized spacial score (nSPS) is 30.5. The summed E-state index contributed by atoms with van der Waals surface area (Å²) >= 11 is 0. The van der Waals surface area contributed by atoms with Gasteiger partial charge in [-0.2, -0.15) is 0 Å². The summed E-state index contributed by atoms with van der Waals surface area (Å²) in [6, 6.07) is 0. The van der Waals surface area contributed by atoms with E-state index in [1.807, 2.05) is 11.1 Å². The molecule has 0 heterocycles. The zero-order valence-corrected chi connectivity index (χ0v) is 14.1. The molecule has 0 aliphatic heterocycles. The predicted octanol–water partition coefficient (Wildman–Crippen LogP) is 6.22. The molecule has 110 valence electrons. The van der Waals surface area contributed by atoms with Crippen molar-refractivity contribution in [2.75, 3.05) is 0 Å². The lowest BCUT2D eigenvalue weighted by atomic mass is 9.60. The van der Waals surface area contributed by atoms with Gasteiger partial charge < -0.3 is 0 Å². The summed E-state index contributed by atoms with van der Waals surface area (Å²) in [6.45, 7) is 14.7. The fourth-order valence-electron chi connectivity index (χ4n) is 5.23. The molecule has 0 amide bonds. The summed E-state index contributed by atoms with van der Waals surface area (Å²) in [7, 11) is 0. The van der Waals surface area contributed by atoms with Crippen LogP contribution in [0, 0.1) is 29.1 Å². The van der Waals surface area contributed by atoms with Gasteiger partial charge in [-0.3, -0.25) is 0 Å². The minimum absolute atomic E-state index is 0.439. The van der Waals surface area contributed by atoms with Gasteiger partial charge >= 0.3 is 0 Å². The van der Waals surface area contributed by atoms with Crippen LogP contribution in [0.15, 0.2) is 11.1 Å². The van der Waals surface area contributed by atoms with Crippen molar-refractivity contribution in [2.45, 2.75) is 80.1 Å². The molecule has 0 radical (unpaired) electrons. The number of allylic oxidation sites excluding steroid dienone is 2. The van der Waals surface area contributed by atoms with E-state index >= 15 is 0 Å². The van der Waals surface area contributed by atoms with Crippen LogP contribution < -0.4 is 0 Å². The minimum Gasteiger partial charge on any atom is -0.0679 e. The van der Waals surface area contributed by atoms with Gasteiger partial charge in [0.05, 0.1) is 0 Å². The molecule has 0 saturated carbocycles. The zero-order chi connectivity index (χ0) is 14.2. The van der Waals surface area contributed by atoms with Crippen LogP contribution in [0.25, 0.3) is 0 Å². The fraction of sp³-hybridized carbons (Fsp3) is 0.895. The maximum Gasteiger partial charge on any atom is -0.0165 e. The summed E-state index contributed by atoms with van der Waals surface area (Å²) in [5, 5.41) is 0. The molecule has 0 spiro atoms. The predicted molar refractivity (Wildman–Crippen MR) is 85.2 cm³/mol.